The monoisotopic (exact) mass is 266 g/mol. The minimum absolute atomic E-state index is 0.0768. The molecule has 1 aromatic rings. The first-order chi connectivity index (χ1) is 8.52. The molecular weight excluding hydrogens is 244 g/mol. The first-order valence-electron chi connectivity index (χ1n) is 6.57. The van der Waals surface area contributed by atoms with Crippen LogP contribution in [0.5, 0.6) is 0 Å². The zero-order chi connectivity index (χ0) is 13.2. The van der Waals surface area contributed by atoms with E-state index in [1.165, 1.54) is 6.42 Å². The highest BCUT2D eigenvalue weighted by molar-refractivity contribution is 8.13. The number of thioether (sulfide) groups is 1. The summed E-state index contributed by atoms with van der Waals surface area (Å²) in [6.07, 6.45) is 2.32. The number of aliphatic imine (C=N–C) groups is 1. The SMILES string of the molecule is CCC1(C)CCSC(=NC(C)c2ccc(C)o2)N1. The Hall–Kier alpha value is -0.900. The molecular formula is C14H22N2OS. The fraction of sp³-hybridized carbons (Fsp3) is 0.643. The van der Waals surface area contributed by atoms with Gasteiger partial charge in [-0.05, 0) is 45.7 Å². The van der Waals surface area contributed by atoms with Gasteiger partial charge in [0, 0.05) is 11.3 Å². The third-order valence-electron chi connectivity index (χ3n) is 3.57. The minimum Gasteiger partial charge on any atom is -0.464 e. The number of nitrogens with one attached hydrogen (secondary N) is 1. The van der Waals surface area contributed by atoms with Gasteiger partial charge in [0.25, 0.3) is 0 Å². The Labute approximate surface area is 113 Å². The zero-order valence-electron chi connectivity index (χ0n) is 11.6. The van der Waals surface area contributed by atoms with Gasteiger partial charge < -0.3 is 9.73 Å². The fourth-order valence-corrected chi connectivity index (χ4v) is 3.28. The van der Waals surface area contributed by atoms with Crippen molar-refractivity contribution >= 4 is 16.9 Å². The quantitative estimate of drug-likeness (QED) is 0.901. The summed E-state index contributed by atoms with van der Waals surface area (Å²) in [6.45, 7) is 8.53. The maximum Gasteiger partial charge on any atom is 0.157 e. The third kappa shape index (κ3) is 3.10. The van der Waals surface area contributed by atoms with E-state index in [1.807, 2.05) is 30.8 Å². The lowest BCUT2D eigenvalue weighted by Gasteiger charge is -2.35. The lowest BCUT2D eigenvalue weighted by Crippen LogP contribution is -2.48. The summed E-state index contributed by atoms with van der Waals surface area (Å²) in [5.41, 5.74) is 0.197. The lowest BCUT2D eigenvalue weighted by molar-refractivity contribution is 0.388. The molecule has 2 rings (SSSR count). The minimum atomic E-state index is 0.0768. The summed E-state index contributed by atoms with van der Waals surface area (Å²) >= 11 is 1.81. The second-order valence-corrected chi connectivity index (χ2v) is 6.28. The van der Waals surface area contributed by atoms with Crippen LogP contribution in [0.2, 0.25) is 0 Å². The molecule has 0 bridgehead atoms. The molecule has 0 aliphatic carbocycles. The molecule has 2 atom stereocenters. The van der Waals surface area contributed by atoms with E-state index in [0.717, 1.165) is 28.9 Å². The van der Waals surface area contributed by atoms with Crippen molar-refractivity contribution in [1.29, 1.82) is 0 Å². The molecule has 1 N–H and O–H groups in total. The second kappa shape index (κ2) is 5.39. The number of hydrogen-bond donors (Lipinski definition) is 1. The van der Waals surface area contributed by atoms with E-state index in [2.05, 4.69) is 26.1 Å². The van der Waals surface area contributed by atoms with Gasteiger partial charge in [-0.25, -0.2) is 0 Å². The van der Waals surface area contributed by atoms with Crippen molar-refractivity contribution in [1.82, 2.24) is 5.32 Å². The van der Waals surface area contributed by atoms with Gasteiger partial charge in [-0.15, -0.1) is 0 Å². The van der Waals surface area contributed by atoms with Gasteiger partial charge >= 0.3 is 0 Å². The molecule has 0 amide bonds. The van der Waals surface area contributed by atoms with E-state index in [-0.39, 0.29) is 11.6 Å². The van der Waals surface area contributed by atoms with Crippen LogP contribution in [0.15, 0.2) is 21.5 Å². The molecule has 3 nitrogen and oxygen atoms in total. The number of nitrogens with zero attached hydrogens (tertiary/aromatic N) is 1. The average molecular weight is 266 g/mol. The second-order valence-electron chi connectivity index (χ2n) is 5.20. The van der Waals surface area contributed by atoms with Crippen LogP contribution in [0.3, 0.4) is 0 Å². The van der Waals surface area contributed by atoms with Crippen LogP contribution in [0.4, 0.5) is 0 Å². The maximum atomic E-state index is 5.62. The molecule has 18 heavy (non-hydrogen) atoms. The molecule has 1 aliphatic heterocycles. The highest BCUT2D eigenvalue weighted by Gasteiger charge is 2.28. The third-order valence-corrected chi connectivity index (χ3v) is 4.45. The van der Waals surface area contributed by atoms with Gasteiger partial charge in [-0.2, -0.15) is 0 Å². The van der Waals surface area contributed by atoms with E-state index < -0.39 is 0 Å². The largest absolute Gasteiger partial charge is 0.464 e. The van der Waals surface area contributed by atoms with Crippen molar-refractivity contribution in [3.05, 3.63) is 23.7 Å². The fourth-order valence-electron chi connectivity index (χ4n) is 1.98. The highest BCUT2D eigenvalue weighted by Crippen LogP contribution is 2.27. The zero-order valence-corrected chi connectivity index (χ0v) is 12.4. The number of hydrogen-bond acceptors (Lipinski definition) is 3. The van der Waals surface area contributed by atoms with Crippen molar-refractivity contribution in [2.24, 2.45) is 4.99 Å². The predicted molar refractivity (Wildman–Crippen MR) is 78.2 cm³/mol. The van der Waals surface area contributed by atoms with E-state index in [9.17, 15) is 0 Å². The number of amidine groups is 1. The Bertz CT molecular complexity index is 441. The Balaban J connectivity index is 2.08. The van der Waals surface area contributed by atoms with Crippen molar-refractivity contribution < 1.29 is 4.42 Å². The molecule has 4 heteroatoms. The Morgan fingerprint density at radius 3 is 2.94 bits per heavy atom. The van der Waals surface area contributed by atoms with Crippen molar-refractivity contribution in [2.45, 2.75) is 52.1 Å². The number of rotatable bonds is 3. The standard InChI is InChI=1S/C14H22N2OS/c1-5-14(4)8-9-18-13(16-14)15-11(3)12-7-6-10(2)17-12/h6-7,11H,5,8-9H2,1-4H3,(H,15,16). The summed E-state index contributed by atoms with van der Waals surface area (Å²) in [7, 11) is 0. The van der Waals surface area contributed by atoms with Crippen LogP contribution in [0.1, 0.15) is 51.2 Å². The van der Waals surface area contributed by atoms with Crippen LogP contribution in [-0.2, 0) is 0 Å². The molecule has 0 aromatic carbocycles. The van der Waals surface area contributed by atoms with E-state index in [4.69, 9.17) is 9.41 Å². The summed E-state index contributed by atoms with van der Waals surface area (Å²) in [6, 6.07) is 4.08. The summed E-state index contributed by atoms with van der Waals surface area (Å²) in [5, 5.41) is 4.61. The molecule has 1 saturated heterocycles. The van der Waals surface area contributed by atoms with Gasteiger partial charge in [0.2, 0.25) is 0 Å². The Morgan fingerprint density at radius 2 is 2.33 bits per heavy atom. The summed E-state index contributed by atoms with van der Waals surface area (Å²) in [4.78, 5) is 4.74. The molecule has 1 aliphatic rings. The number of aryl methyl sites for hydroxylation is 1. The van der Waals surface area contributed by atoms with Gasteiger partial charge in [0.1, 0.15) is 17.6 Å². The van der Waals surface area contributed by atoms with Gasteiger partial charge in [0.15, 0.2) is 5.17 Å². The van der Waals surface area contributed by atoms with Gasteiger partial charge in [-0.1, -0.05) is 18.7 Å². The maximum absolute atomic E-state index is 5.62. The molecule has 0 radical (unpaired) electrons. The van der Waals surface area contributed by atoms with Crippen LogP contribution in [0, 0.1) is 6.92 Å². The van der Waals surface area contributed by atoms with Crippen LogP contribution in [0.25, 0.3) is 0 Å². The van der Waals surface area contributed by atoms with Crippen LogP contribution >= 0.6 is 11.8 Å². The topological polar surface area (TPSA) is 37.5 Å². The van der Waals surface area contributed by atoms with E-state index >= 15 is 0 Å². The van der Waals surface area contributed by atoms with Crippen molar-refractivity contribution in [3.8, 4) is 0 Å². The van der Waals surface area contributed by atoms with Crippen LogP contribution in [-0.4, -0.2) is 16.5 Å². The molecule has 0 spiro atoms. The molecule has 100 valence electrons. The first kappa shape index (κ1) is 13.5. The molecule has 0 saturated carbocycles. The lowest BCUT2D eigenvalue weighted by atomic mass is 9.96. The number of furan rings is 1. The summed E-state index contributed by atoms with van der Waals surface area (Å²) in [5.74, 6) is 3.02. The summed E-state index contributed by atoms with van der Waals surface area (Å²) < 4.78 is 5.62. The Morgan fingerprint density at radius 1 is 1.56 bits per heavy atom. The smallest absolute Gasteiger partial charge is 0.157 e. The van der Waals surface area contributed by atoms with Gasteiger partial charge in [-0.3, -0.25) is 4.99 Å². The normalized spacial score (nSPS) is 28.1. The average Bonchev–Trinajstić information content (AvgIpc) is 2.76. The van der Waals surface area contributed by atoms with Gasteiger partial charge in [0.05, 0.1) is 0 Å². The van der Waals surface area contributed by atoms with Crippen molar-refractivity contribution in [2.75, 3.05) is 5.75 Å². The molecule has 2 unspecified atom stereocenters. The molecule has 1 aromatic heterocycles. The molecule has 2 heterocycles. The molecule has 1 fully saturated rings. The van der Waals surface area contributed by atoms with E-state index in [1.54, 1.807) is 0 Å². The predicted octanol–water partition coefficient (Wildman–Crippen LogP) is 3.90. The van der Waals surface area contributed by atoms with E-state index in [0.29, 0.717) is 0 Å². The highest BCUT2D eigenvalue weighted by atomic mass is 32.2. The van der Waals surface area contributed by atoms with Crippen molar-refractivity contribution in [3.63, 3.8) is 0 Å². The first-order valence-corrected chi connectivity index (χ1v) is 7.56. The van der Waals surface area contributed by atoms with Crippen LogP contribution < -0.4 is 5.32 Å². The Kier molecular flexibility index (Phi) is 4.05.